The van der Waals surface area contributed by atoms with Crippen LogP contribution in [0.1, 0.15) is 37.7 Å². The molecule has 1 atom stereocenters. The zero-order valence-electron chi connectivity index (χ0n) is 16.8. The van der Waals surface area contributed by atoms with Gasteiger partial charge in [0, 0.05) is 51.7 Å². The first-order valence-corrected chi connectivity index (χ1v) is 10.6. The Morgan fingerprint density at radius 1 is 1.21 bits per heavy atom. The van der Waals surface area contributed by atoms with Gasteiger partial charge in [-0.1, -0.05) is 25.0 Å². The first kappa shape index (κ1) is 19.0. The van der Waals surface area contributed by atoms with E-state index in [9.17, 15) is 0 Å². The van der Waals surface area contributed by atoms with E-state index in [2.05, 4.69) is 49.9 Å². The lowest BCUT2D eigenvalue weighted by Gasteiger charge is -2.21. The van der Waals surface area contributed by atoms with Crippen molar-refractivity contribution in [3.05, 3.63) is 48.3 Å². The molecule has 0 bridgehead atoms. The van der Waals surface area contributed by atoms with Crippen molar-refractivity contribution in [3.8, 4) is 5.69 Å². The van der Waals surface area contributed by atoms with Crippen molar-refractivity contribution < 1.29 is 0 Å². The van der Waals surface area contributed by atoms with Crippen molar-refractivity contribution in [2.75, 3.05) is 26.7 Å². The van der Waals surface area contributed by atoms with Crippen LogP contribution in [0, 0.1) is 5.92 Å². The van der Waals surface area contributed by atoms with Crippen LogP contribution in [0.15, 0.2) is 47.7 Å². The second-order valence-electron chi connectivity index (χ2n) is 8.09. The minimum atomic E-state index is 0.489. The Bertz CT molecular complexity index is 763. The monoisotopic (exact) mass is 380 g/mol. The third-order valence-corrected chi connectivity index (χ3v) is 5.97. The van der Waals surface area contributed by atoms with E-state index < -0.39 is 0 Å². The highest BCUT2D eigenvalue weighted by atomic mass is 15.3. The molecule has 2 aliphatic rings. The zero-order chi connectivity index (χ0) is 19.2. The van der Waals surface area contributed by atoms with Crippen molar-refractivity contribution >= 4 is 5.96 Å². The molecule has 0 amide bonds. The van der Waals surface area contributed by atoms with Crippen LogP contribution in [0.3, 0.4) is 0 Å². The normalized spacial score (nSPS) is 21.3. The molecular weight excluding hydrogens is 348 g/mol. The number of nitrogens with one attached hydrogen (secondary N) is 2. The van der Waals surface area contributed by atoms with E-state index in [0.717, 1.165) is 30.7 Å². The van der Waals surface area contributed by atoms with Gasteiger partial charge >= 0.3 is 0 Å². The number of benzene rings is 1. The molecular formula is C22H32N6. The van der Waals surface area contributed by atoms with Gasteiger partial charge in [0.15, 0.2) is 5.96 Å². The topological polar surface area (TPSA) is 57.5 Å². The van der Waals surface area contributed by atoms with Crippen molar-refractivity contribution in [2.24, 2.45) is 10.9 Å². The average Bonchev–Trinajstić information content (AvgIpc) is 3.49. The Morgan fingerprint density at radius 3 is 2.89 bits per heavy atom. The SMILES string of the molecule is CN=C(NCc1cccc(-n2cccn2)c1)NC1CCN(CC2CCCC2)C1. The van der Waals surface area contributed by atoms with Crippen LogP contribution < -0.4 is 10.6 Å². The molecule has 6 nitrogen and oxygen atoms in total. The molecule has 1 aliphatic carbocycles. The van der Waals surface area contributed by atoms with Crippen molar-refractivity contribution in [2.45, 2.75) is 44.7 Å². The molecule has 2 N–H and O–H groups in total. The summed E-state index contributed by atoms with van der Waals surface area (Å²) in [5, 5.41) is 11.4. The highest BCUT2D eigenvalue weighted by Crippen LogP contribution is 2.26. The molecule has 150 valence electrons. The molecule has 0 radical (unpaired) electrons. The molecule has 28 heavy (non-hydrogen) atoms. The van der Waals surface area contributed by atoms with Crippen LogP contribution >= 0.6 is 0 Å². The second kappa shape index (κ2) is 9.24. The van der Waals surface area contributed by atoms with E-state index in [0.29, 0.717) is 6.04 Å². The van der Waals surface area contributed by atoms with Gasteiger partial charge in [0.1, 0.15) is 0 Å². The Balaban J connectivity index is 1.26. The zero-order valence-corrected chi connectivity index (χ0v) is 16.8. The number of hydrogen-bond donors (Lipinski definition) is 2. The first-order chi connectivity index (χ1) is 13.8. The minimum Gasteiger partial charge on any atom is -0.352 e. The first-order valence-electron chi connectivity index (χ1n) is 10.6. The van der Waals surface area contributed by atoms with Gasteiger partial charge in [0.05, 0.1) is 5.69 Å². The van der Waals surface area contributed by atoms with E-state index in [1.165, 1.54) is 50.8 Å². The summed E-state index contributed by atoms with van der Waals surface area (Å²) in [5.74, 6) is 1.82. The lowest BCUT2D eigenvalue weighted by molar-refractivity contribution is 0.275. The third kappa shape index (κ3) is 4.93. The standard InChI is InChI=1S/C22H32N6/c1-23-22(26-20-10-13-27(17-20)16-18-6-2-3-7-18)24-15-19-8-4-9-21(14-19)28-12-5-11-25-28/h4-5,8-9,11-12,14,18,20H,2-3,6-7,10,13,15-17H2,1H3,(H2,23,24,26). The van der Waals surface area contributed by atoms with Crippen LogP contribution in [0.4, 0.5) is 0 Å². The Morgan fingerprint density at radius 2 is 2.11 bits per heavy atom. The van der Waals surface area contributed by atoms with E-state index >= 15 is 0 Å². The fourth-order valence-corrected chi connectivity index (χ4v) is 4.48. The molecule has 0 spiro atoms. The maximum Gasteiger partial charge on any atom is 0.191 e. The smallest absolute Gasteiger partial charge is 0.191 e. The predicted molar refractivity (Wildman–Crippen MR) is 114 cm³/mol. The minimum absolute atomic E-state index is 0.489. The average molecular weight is 381 g/mol. The van der Waals surface area contributed by atoms with E-state index in [1.807, 2.05) is 24.0 Å². The molecule has 1 aliphatic heterocycles. The molecule has 6 heteroatoms. The number of hydrogen-bond acceptors (Lipinski definition) is 3. The van der Waals surface area contributed by atoms with Gasteiger partial charge < -0.3 is 15.5 Å². The van der Waals surface area contributed by atoms with E-state index in [1.54, 1.807) is 6.20 Å². The van der Waals surface area contributed by atoms with Crippen molar-refractivity contribution in [1.29, 1.82) is 0 Å². The van der Waals surface area contributed by atoms with Crippen LogP contribution in [0.25, 0.3) is 5.69 Å². The Labute approximate surface area is 168 Å². The summed E-state index contributed by atoms with van der Waals surface area (Å²) < 4.78 is 1.88. The van der Waals surface area contributed by atoms with Gasteiger partial charge in [0.25, 0.3) is 0 Å². The molecule has 1 saturated carbocycles. The Kier molecular flexibility index (Phi) is 6.27. The summed E-state index contributed by atoms with van der Waals surface area (Å²) >= 11 is 0. The maximum atomic E-state index is 4.43. The fourth-order valence-electron chi connectivity index (χ4n) is 4.48. The largest absolute Gasteiger partial charge is 0.352 e. The highest BCUT2D eigenvalue weighted by Gasteiger charge is 2.26. The molecule has 1 aromatic heterocycles. The number of guanidine groups is 1. The van der Waals surface area contributed by atoms with Crippen molar-refractivity contribution in [1.82, 2.24) is 25.3 Å². The second-order valence-corrected chi connectivity index (χ2v) is 8.09. The van der Waals surface area contributed by atoms with Gasteiger partial charge in [0.2, 0.25) is 0 Å². The third-order valence-electron chi connectivity index (χ3n) is 5.97. The van der Waals surface area contributed by atoms with Gasteiger partial charge in [-0.05, 0) is 48.9 Å². The van der Waals surface area contributed by atoms with Crippen molar-refractivity contribution in [3.63, 3.8) is 0 Å². The van der Waals surface area contributed by atoms with E-state index in [-0.39, 0.29) is 0 Å². The highest BCUT2D eigenvalue weighted by molar-refractivity contribution is 5.80. The number of nitrogens with zero attached hydrogens (tertiary/aromatic N) is 4. The van der Waals surface area contributed by atoms with Gasteiger partial charge in [-0.3, -0.25) is 4.99 Å². The van der Waals surface area contributed by atoms with Gasteiger partial charge in [-0.15, -0.1) is 0 Å². The lowest BCUT2D eigenvalue weighted by Crippen LogP contribution is -2.44. The quantitative estimate of drug-likeness (QED) is 0.598. The molecule has 4 rings (SSSR count). The molecule has 1 aromatic carbocycles. The van der Waals surface area contributed by atoms with Gasteiger partial charge in [-0.2, -0.15) is 5.10 Å². The van der Waals surface area contributed by atoms with Crippen LogP contribution in [-0.4, -0.2) is 53.4 Å². The fraction of sp³-hybridized carbons (Fsp3) is 0.545. The summed E-state index contributed by atoms with van der Waals surface area (Å²) in [7, 11) is 1.85. The van der Waals surface area contributed by atoms with Crippen LogP contribution in [-0.2, 0) is 6.54 Å². The molecule has 1 unspecified atom stereocenters. The maximum absolute atomic E-state index is 4.43. The van der Waals surface area contributed by atoms with E-state index in [4.69, 9.17) is 0 Å². The summed E-state index contributed by atoms with van der Waals surface area (Å²) in [6.07, 6.45) is 10.7. The molecule has 1 saturated heterocycles. The summed E-state index contributed by atoms with van der Waals surface area (Å²) in [6, 6.07) is 10.9. The number of aromatic nitrogens is 2. The number of aliphatic imine (C=N–C) groups is 1. The summed E-state index contributed by atoms with van der Waals surface area (Å²) in [6.45, 7) is 4.36. The molecule has 2 fully saturated rings. The predicted octanol–water partition coefficient (Wildman–Crippen LogP) is 2.80. The molecule has 2 aromatic rings. The van der Waals surface area contributed by atoms with Crippen LogP contribution in [0.5, 0.6) is 0 Å². The summed E-state index contributed by atoms with van der Waals surface area (Å²) in [5.41, 5.74) is 2.29. The summed E-state index contributed by atoms with van der Waals surface area (Å²) in [4.78, 5) is 7.06. The molecule has 2 heterocycles. The van der Waals surface area contributed by atoms with Crippen LogP contribution in [0.2, 0.25) is 0 Å². The number of rotatable bonds is 6. The number of likely N-dealkylation sites (tertiary alicyclic amines) is 1. The van der Waals surface area contributed by atoms with Gasteiger partial charge in [-0.25, -0.2) is 4.68 Å². The lowest BCUT2D eigenvalue weighted by atomic mass is 10.1. The Hall–Kier alpha value is -2.34.